The number of hydrogen-bond donors (Lipinski definition) is 0. The molecular formula is C12H9ClSi. The molecule has 0 aliphatic rings. The van der Waals surface area contributed by atoms with Crippen molar-refractivity contribution in [1.29, 1.82) is 0 Å². The zero-order chi connectivity index (χ0) is 9.80. The second-order valence-electron chi connectivity index (χ2n) is 3.00. The molecule has 0 unspecified atom stereocenters. The quantitative estimate of drug-likeness (QED) is 0.674. The van der Waals surface area contributed by atoms with E-state index in [9.17, 15) is 0 Å². The molecule has 2 aromatic carbocycles. The van der Waals surface area contributed by atoms with Crippen molar-refractivity contribution in [2.24, 2.45) is 0 Å². The van der Waals surface area contributed by atoms with Crippen molar-refractivity contribution in [3.63, 3.8) is 0 Å². The van der Waals surface area contributed by atoms with E-state index in [1.807, 2.05) is 18.2 Å². The van der Waals surface area contributed by atoms with Crippen LogP contribution in [0.2, 0.25) is 5.02 Å². The van der Waals surface area contributed by atoms with Gasteiger partial charge in [-0.05, 0) is 12.1 Å². The standard InChI is InChI=1S/C12H9ClSi/c13-10-6-8-12(9-7-10)14-11-4-2-1-3-5-11/h1-9H. The van der Waals surface area contributed by atoms with Gasteiger partial charge < -0.3 is 0 Å². The smallest absolute Gasteiger partial charge is 0.0843 e. The zero-order valence-electron chi connectivity index (χ0n) is 7.57. The molecule has 14 heavy (non-hydrogen) atoms. The molecule has 0 heterocycles. The lowest BCUT2D eigenvalue weighted by atomic mass is 10.4. The minimum atomic E-state index is 0.714. The van der Waals surface area contributed by atoms with Crippen LogP contribution in [0.1, 0.15) is 0 Å². The van der Waals surface area contributed by atoms with Crippen molar-refractivity contribution in [2.45, 2.75) is 0 Å². The van der Waals surface area contributed by atoms with E-state index in [-0.39, 0.29) is 0 Å². The fourth-order valence-electron chi connectivity index (χ4n) is 1.22. The predicted octanol–water partition coefficient (Wildman–Crippen LogP) is 1.99. The van der Waals surface area contributed by atoms with Crippen LogP contribution >= 0.6 is 11.6 Å². The summed E-state index contributed by atoms with van der Waals surface area (Å²) in [7, 11) is 0.714. The Hall–Kier alpha value is -1.05. The van der Waals surface area contributed by atoms with Crippen LogP contribution in [-0.4, -0.2) is 9.52 Å². The monoisotopic (exact) mass is 216 g/mol. The second-order valence-corrected chi connectivity index (χ2v) is 4.84. The van der Waals surface area contributed by atoms with Gasteiger partial charge in [-0.15, -0.1) is 0 Å². The molecule has 2 rings (SSSR count). The maximum atomic E-state index is 5.82. The normalized spacial score (nSPS) is 10.1. The van der Waals surface area contributed by atoms with Gasteiger partial charge in [0.05, 0.1) is 0 Å². The Morgan fingerprint density at radius 3 is 1.93 bits per heavy atom. The zero-order valence-corrected chi connectivity index (χ0v) is 9.33. The van der Waals surface area contributed by atoms with Gasteiger partial charge in [0.1, 0.15) is 9.52 Å². The molecule has 0 N–H and O–H groups in total. The molecule has 0 spiro atoms. The van der Waals surface area contributed by atoms with E-state index >= 15 is 0 Å². The van der Waals surface area contributed by atoms with Gasteiger partial charge in [-0.1, -0.05) is 64.4 Å². The van der Waals surface area contributed by atoms with Gasteiger partial charge in [0, 0.05) is 5.02 Å². The second kappa shape index (κ2) is 4.44. The van der Waals surface area contributed by atoms with Crippen LogP contribution < -0.4 is 10.4 Å². The van der Waals surface area contributed by atoms with Gasteiger partial charge in [0.2, 0.25) is 0 Å². The molecule has 0 aromatic heterocycles. The van der Waals surface area contributed by atoms with Crippen LogP contribution in [0.4, 0.5) is 0 Å². The third kappa shape index (κ3) is 2.47. The van der Waals surface area contributed by atoms with Gasteiger partial charge in [-0.3, -0.25) is 0 Å². The average molecular weight is 217 g/mol. The Balaban J connectivity index is 2.16. The maximum absolute atomic E-state index is 5.82. The molecule has 2 radical (unpaired) electrons. The van der Waals surface area contributed by atoms with Gasteiger partial charge >= 0.3 is 0 Å². The molecule has 2 aromatic rings. The van der Waals surface area contributed by atoms with Gasteiger partial charge in [-0.25, -0.2) is 0 Å². The summed E-state index contributed by atoms with van der Waals surface area (Å²) < 4.78 is 0. The summed E-state index contributed by atoms with van der Waals surface area (Å²) in [6.07, 6.45) is 0. The Bertz CT molecular complexity index is 394. The maximum Gasteiger partial charge on any atom is 0.121 e. The third-order valence-corrected chi connectivity index (χ3v) is 3.40. The van der Waals surface area contributed by atoms with Gasteiger partial charge in [0.25, 0.3) is 0 Å². The van der Waals surface area contributed by atoms with Crippen LogP contribution in [0.5, 0.6) is 0 Å². The van der Waals surface area contributed by atoms with Crippen LogP contribution in [0.3, 0.4) is 0 Å². The van der Waals surface area contributed by atoms with E-state index in [2.05, 4.69) is 36.4 Å². The highest BCUT2D eigenvalue weighted by Crippen LogP contribution is 2.03. The van der Waals surface area contributed by atoms with Crippen molar-refractivity contribution in [3.8, 4) is 0 Å². The minimum absolute atomic E-state index is 0.714. The molecule has 0 amide bonds. The summed E-state index contributed by atoms with van der Waals surface area (Å²) in [5.41, 5.74) is 0. The summed E-state index contributed by atoms with van der Waals surface area (Å²) >= 11 is 5.82. The molecule has 0 aliphatic carbocycles. The summed E-state index contributed by atoms with van der Waals surface area (Å²) in [5, 5.41) is 3.47. The Kier molecular flexibility index (Phi) is 3.02. The predicted molar refractivity (Wildman–Crippen MR) is 62.9 cm³/mol. The van der Waals surface area contributed by atoms with Crippen molar-refractivity contribution in [1.82, 2.24) is 0 Å². The lowest BCUT2D eigenvalue weighted by Crippen LogP contribution is -2.26. The Morgan fingerprint density at radius 2 is 1.29 bits per heavy atom. The van der Waals surface area contributed by atoms with Crippen molar-refractivity contribution < 1.29 is 0 Å². The molecule has 0 nitrogen and oxygen atoms in total. The Labute approximate surface area is 91.4 Å². The van der Waals surface area contributed by atoms with E-state index in [4.69, 9.17) is 11.6 Å². The highest BCUT2D eigenvalue weighted by Gasteiger charge is 1.96. The molecule has 0 bridgehead atoms. The third-order valence-electron chi connectivity index (χ3n) is 1.91. The molecule has 68 valence electrons. The van der Waals surface area contributed by atoms with E-state index < -0.39 is 0 Å². The van der Waals surface area contributed by atoms with Crippen LogP contribution in [0.15, 0.2) is 54.6 Å². The first-order chi connectivity index (χ1) is 6.84. The first kappa shape index (κ1) is 9.50. The molecule has 0 aliphatic heterocycles. The fraction of sp³-hybridized carbons (Fsp3) is 0. The molecule has 2 heteroatoms. The Morgan fingerprint density at radius 1 is 0.714 bits per heavy atom. The average Bonchev–Trinajstić information content (AvgIpc) is 2.23. The van der Waals surface area contributed by atoms with Crippen molar-refractivity contribution in [3.05, 3.63) is 59.6 Å². The van der Waals surface area contributed by atoms with E-state index in [1.165, 1.54) is 10.4 Å². The summed E-state index contributed by atoms with van der Waals surface area (Å²) in [4.78, 5) is 0. The van der Waals surface area contributed by atoms with Crippen molar-refractivity contribution >= 4 is 31.5 Å². The van der Waals surface area contributed by atoms with E-state index in [0.29, 0.717) is 9.52 Å². The van der Waals surface area contributed by atoms with Crippen LogP contribution in [-0.2, 0) is 0 Å². The lowest BCUT2D eigenvalue weighted by molar-refractivity contribution is 1.74. The summed E-state index contributed by atoms with van der Waals surface area (Å²) in [5.74, 6) is 0. The highest BCUT2D eigenvalue weighted by molar-refractivity contribution is 6.67. The largest absolute Gasteiger partial charge is 0.121 e. The molecule has 0 saturated heterocycles. The first-order valence-corrected chi connectivity index (χ1v) is 5.80. The fourth-order valence-corrected chi connectivity index (χ4v) is 2.37. The number of rotatable bonds is 2. The van der Waals surface area contributed by atoms with Crippen LogP contribution in [0.25, 0.3) is 0 Å². The molecule has 0 atom stereocenters. The molecular weight excluding hydrogens is 208 g/mol. The molecule has 0 fully saturated rings. The van der Waals surface area contributed by atoms with E-state index in [1.54, 1.807) is 0 Å². The SMILES string of the molecule is Clc1ccc([Si]c2ccccc2)cc1. The lowest BCUT2D eigenvalue weighted by Gasteiger charge is -1.99. The molecule has 0 saturated carbocycles. The minimum Gasteiger partial charge on any atom is -0.0843 e. The highest BCUT2D eigenvalue weighted by atomic mass is 35.5. The van der Waals surface area contributed by atoms with E-state index in [0.717, 1.165) is 5.02 Å². The van der Waals surface area contributed by atoms with Crippen molar-refractivity contribution in [2.75, 3.05) is 0 Å². The number of hydrogen-bond acceptors (Lipinski definition) is 0. The number of halogens is 1. The van der Waals surface area contributed by atoms with Gasteiger partial charge in [-0.2, -0.15) is 0 Å². The topological polar surface area (TPSA) is 0 Å². The number of benzene rings is 2. The summed E-state index contributed by atoms with van der Waals surface area (Å²) in [6, 6.07) is 18.5. The first-order valence-electron chi connectivity index (χ1n) is 4.42. The van der Waals surface area contributed by atoms with Crippen LogP contribution in [0, 0.1) is 0 Å². The van der Waals surface area contributed by atoms with Gasteiger partial charge in [0.15, 0.2) is 0 Å². The summed E-state index contributed by atoms with van der Waals surface area (Å²) in [6.45, 7) is 0.